The van der Waals surface area contributed by atoms with Crippen LogP contribution in [0.4, 0.5) is 5.69 Å². The molecule has 4 nitrogen and oxygen atoms in total. The Morgan fingerprint density at radius 3 is 2.62 bits per heavy atom. The van der Waals surface area contributed by atoms with Crippen molar-refractivity contribution < 1.29 is 4.79 Å². The largest absolute Gasteiger partial charge is 0.341 e. The Hall–Kier alpha value is -2.92. The third-order valence-electron chi connectivity index (χ3n) is 4.47. The number of nitrogens with one attached hydrogen (secondary N) is 1. The monoisotopic (exact) mass is 361 g/mol. The van der Waals surface area contributed by atoms with E-state index in [0.29, 0.717) is 4.88 Å². The third-order valence-corrected chi connectivity index (χ3v) is 5.37. The van der Waals surface area contributed by atoms with Gasteiger partial charge >= 0.3 is 0 Å². The van der Waals surface area contributed by atoms with Crippen LogP contribution in [0, 0.1) is 13.8 Å². The van der Waals surface area contributed by atoms with Crippen LogP contribution in [-0.4, -0.2) is 14.8 Å². The molecular weight excluding hydrogens is 342 g/mol. The molecule has 0 aliphatic heterocycles. The first-order valence-electron chi connectivity index (χ1n) is 8.48. The minimum absolute atomic E-state index is 0.108. The maximum Gasteiger partial charge on any atom is 0.267 e. The second-order valence-corrected chi connectivity index (χ2v) is 7.27. The molecule has 26 heavy (non-hydrogen) atoms. The van der Waals surface area contributed by atoms with Gasteiger partial charge < -0.3 is 9.88 Å². The van der Waals surface area contributed by atoms with Crippen LogP contribution in [0.15, 0.2) is 60.9 Å². The van der Waals surface area contributed by atoms with Crippen LogP contribution in [0.1, 0.15) is 26.4 Å². The Kier molecular flexibility index (Phi) is 4.31. The second kappa shape index (κ2) is 6.77. The number of carbonyl (C=O) groups is 1. The average Bonchev–Trinajstić information content (AvgIpc) is 3.22. The number of carbonyl (C=O) groups excluding carboxylic acids is 1. The van der Waals surface area contributed by atoms with Crippen LogP contribution in [0.3, 0.4) is 0 Å². The molecule has 0 atom stereocenters. The van der Waals surface area contributed by atoms with E-state index >= 15 is 0 Å². The molecule has 0 fully saturated rings. The number of para-hydroxylation sites is 1. The predicted octanol–water partition coefficient (Wildman–Crippen LogP) is 5.02. The van der Waals surface area contributed by atoms with Crippen LogP contribution in [0.25, 0.3) is 10.9 Å². The van der Waals surface area contributed by atoms with Crippen LogP contribution >= 0.6 is 11.5 Å². The van der Waals surface area contributed by atoms with Gasteiger partial charge in [-0.1, -0.05) is 48.0 Å². The molecule has 0 unspecified atom stereocenters. The highest BCUT2D eigenvalue weighted by Gasteiger charge is 2.15. The van der Waals surface area contributed by atoms with E-state index in [9.17, 15) is 4.79 Å². The van der Waals surface area contributed by atoms with Crippen molar-refractivity contribution in [2.45, 2.75) is 20.4 Å². The van der Waals surface area contributed by atoms with E-state index in [4.69, 9.17) is 0 Å². The lowest BCUT2D eigenvalue weighted by Gasteiger charge is -2.05. The Morgan fingerprint density at radius 2 is 1.88 bits per heavy atom. The smallest absolute Gasteiger partial charge is 0.267 e. The maximum atomic E-state index is 12.6. The van der Waals surface area contributed by atoms with Crippen molar-refractivity contribution in [3.63, 3.8) is 0 Å². The zero-order valence-corrected chi connectivity index (χ0v) is 15.5. The van der Waals surface area contributed by atoms with Gasteiger partial charge in [-0.3, -0.25) is 4.79 Å². The van der Waals surface area contributed by atoms with Gasteiger partial charge in [0.15, 0.2) is 0 Å². The molecule has 1 N–H and O–H groups in total. The molecule has 0 radical (unpaired) electrons. The average molecular weight is 361 g/mol. The van der Waals surface area contributed by atoms with E-state index < -0.39 is 0 Å². The fourth-order valence-electron chi connectivity index (χ4n) is 3.06. The Balaban J connectivity index is 1.68. The summed E-state index contributed by atoms with van der Waals surface area (Å²) in [5, 5.41) is 4.09. The number of fused-ring (bicyclic) bond motifs is 1. The van der Waals surface area contributed by atoms with E-state index in [-0.39, 0.29) is 5.91 Å². The molecular formula is C21H19N3OS. The molecule has 0 saturated heterocycles. The van der Waals surface area contributed by atoms with E-state index in [1.165, 1.54) is 22.7 Å². The van der Waals surface area contributed by atoms with Crippen molar-refractivity contribution in [1.82, 2.24) is 8.94 Å². The molecule has 0 saturated carbocycles. The third kappa shape index (κ3) is 3.13. The molecule has 130 valence electrons. The summed E-state index contributed by atoms with van der Waals surface area (Å²) in [6.07, 6.45) is 3.74. The minimum atomic E-state index is -0.108. The zero-order valence-electron chi connectivity index (χ0n) is 14.7. The Labute approximate surface area is 156 Å². The molecule has 0 aliphatic carbocycles. The number of hydrogen-bond donors (Lipinski definition) is 1. The van der Waals surface area contributed by atoms with Gasteiger partial charge in [0, 0.05) is 24.3 Å². The summed E-state index contributed by atoms with van der Waals surface area (Å²) < 4.78 is 6.27. The summed E-state index contributed by atoms with van der Waals surface area (Å²) in [6.45, 7) is 4.75. The molecule has 0 bridgehead atoms. The first-order valence-corrected chi connectivity index (χ1v) is 9.25. The lowest BCUT2D eigenvalue weighted by molar-refractivity contribution is 0.103. The molecule has 1 amide bonds. The molecule has 0 spiro atoms. The first-order chi connectivity index (χ1) is 12.6. The summed E-state index contributed by atoms with van der Waals surface area (Å²) in [6, 6.07) is 16.7. The summed E-state index contributed by atoms with van der Waals surface area (Å²) in [5.41, 5.74) is 5.30. The number of aromatic nitrogens is 2. The van der Waals surface area contributed by atoms with Gasteiger partial charge in [-0.15, -0.1) is 0 Å². The highest BCUT2D eigenvalue weighted by molar-refractivity contribution is 7.08. The van der Waals surface area contributed by atoms with Gasteiger partial charge in [0.25, 0.3) is 5.91 Å². The van der Waals surface area contributed by atoms with Crippen molar-refractivity contribution >= 4 is 34.0 Å². The fraction of sp³-hybridized carbons (Fsp3) is 0.143. The molecule has 2 aromatic heterocycles. The summed E-state index contributed by atoms with van der Waals surface area (Å²) in [5.74, 6) is -0.108. The molecule has 5 heteroatoms. The van der Waals surface area contributed by atoms with Gasteiger partial charge in [0.1, 0.15) is 4.88 Å². The number of nitrogens with zero attached hydrogens (tertiary/aromatic N) is 2. The summed E-state index contributed by atoms with van der Waals surface area (Å²) in [4.78, 5) is 13.2. The van der Waals surface area contributed by atoms with Crippen LogP contribution in [-0.2, 0) is 6.54 Å². The predicted molar refractivity (Wildman–Crippen MR) is 107 cm³/mol. The number of benzene rings is 2. The van der Waals surface area contributed by atoms with Gasteiger partial charge in [0.2, 0.25) is 0 Å². The lowest BCUT2D eigenvalue weighted by atomic mass is 10.1. The maximum absolute atomic E-state index is 12.6. The molecule has 2 aromatic carbocycles. The fourth-order valence-corrected chi connectivity index (χ4v) is 3.70. The van der Waals surface area contributed by atoms with Gasteiger partial charge in [0.05, 0.1) is 11.2 Å². The highest BCUT2D eigenvalue weighted by Crippen LogP contribution is 2.28. The zero-order chi connectivity index (χ0) is 18.1. The molecule has 2 heterocycles. The van der Waals surface area contributed by atoms with Crippen LogP contribution in [0.2, 0.25) is 0 Å². The van der Waals surface area contributed by atoms with Crippen LogP contribution in [0.5, 0.6) is 0 Å². The molecule has 0 aliphatic rings. The van der Waals surface area contributed by atoms with Gasteiger partial charge in [-0.2, -0.15) is 0 Å². The summed E-state index contributed by atoms with van der Waals surface area (Å²) in [7, 11) is 0. The van der Waals surface area contributed by atoms with Crippen molar-refractivity contribution in [3.8, 4) is 0 Å². The van der Waals surface area contributed by atoms with Crippen molar-refractivity contribution in [3.05, 3.63) is 82.5 Å². The van der Waals surface area contributed by atoms with Gasteiger partial charge in [-0.25, -0.2) is 4.37 Å². The minimum Gasteiger partial charge on any atom is -0.341 e. The van der Waals surface area contributed by atoms with E-state index in [1.807, 2.05) is 31.3 Å². The molecule has 4 aromatic rings. The second-order valence-electron chi connectivity index (χ2n) is 6.47. The topological polar surface area (TPSA) is 46.9 Å². The number of rotatable bonds is 4. The van der Waals surface area contributed by atoms with Gasteiger partial charge in [-0.05, 0) is 42.6 Å². The number of hydrogen-bond acceptors (Lipinski definition) is 3. The van der Waals surface area contributed by atoms with E-state index in [2.05, 4.69) is 51.5 Å². The Bertz CT molecular complexity index is 1080. The summed E-state index contributed by atoms with van der Waals surface area (Å²) >= 11 is 1.22. The van der Waals surface area contributed by atoms with Crippen molar-refractivity contribution in [1.29, 1.82) is 0 Å². The first kappa shape index (κ1) is 16.5. The van der Waals surface area contributed by atoms with Crippen LogP contribution < -0.4 is 5.32 Å². The lowest BCUT2D eigenvalue weighted by Crippen LogP contribution is -2.11. The van der Waals surface area contributed by atoms with E-state index in [0.717, 1.165) is 28.7 Å². The SMILES string of the molecule is Cc1ccc(Cn2cc(NC(=O)c3sncc3C)c3ccccc32)cc1. The van der Waals surface area contributed by atoms with Crippen molar-refractivity contribution in [2.24, 2.45) is 0 Å². The Morgan fingerprint density at radius 1 is 1.12 bits per heavy atom. The number of aryl methyl sites for hydroxylation is 2. The normalized spacial score (nSPS) is 11.0. The molecule has 4 rings (SSSR count). The quantitative estimate of drug-likeness (QED) is 0.555. The standard InChI is InChI=1S/C21H19N3OS/c1-14-7-9-16(10-8-14)12-24-13-18(17-5-3-4-6-19(17)24)23-21(25)20-15(2)11-22-26-20/h3-11,13H,12H2,1-2H3,(H,23,25). The number of anilines is 1. The number of amides is 1. The highest BCUT2D eigenvalue weighted by atomic mass is 32.1. The van der Waals surface area contributed by atoms with Crippen molar-refractivity contribution in [2.75, 3.05) is 5.32 Å². The van der Waals surface area contributed by atoms with E-state index in [1.54, 1.807) is 6.20 Å².